The van der Waals surface area contributed by atoms with E-state index in [1.165, 1.54) is 37.3 Å². The van der Waals surface area contributed by atoms with E-state index in [9.17, 15) is 4.79 Å². The molecular formula is C16H20N4OS. The molecule has 0 aromatic carbocycles. The lowest BCUT2D eigenvalue weighted by atomic mass is 9.79. The van der Waals surface area contributed by atoms with Gasteiger partial charge in [-0.1, -0.05) is 0 Å². The molecule has 5 nitrogen and oxygen atoms in total. The second-order valence-electron chi connectivity index (χ2n) is 6.21. The standard InChI is InChI=1S/C16H20N4OS/c1-10-14(11-4-8-20(10)9-5-11)19-16(21)13-3-2-12(22-13)15-17-6-7-18-15/h2-3,6-7,10-11,14H,4-5,8-9H2,1H3,(H,17,18)(H,19,21). The highest BCUT2D eigenvalue weighted by molar-refractivity contribution is 7.17. The predicted octanol–water partition coefficient (Wildman–Crippen LogP) is 2.35. The van der Waals surface area contributed by atoms with E-state index in [2.05, 4.69) is 27.1 Å². The van der Waals surface area contributed by atoms with E-state index in [-0.39, 0.29) is 11.9 Å². The van der Waals surface area contributed by atoms with Crippen LogP contribution in [0.4, 0.5) is 0 Å². The van der Waals surface area contributed by atoms with Crippen LogP contribution in [0.25, 0.3) is 10.7 Å². The van der Waals surface area contributed by atoms with Crippen molar-refractivity contribution in [2.45, 2.75) is 31.8 Å². The zero-order chi connectivity index (χ0) is 15.1. The summed E-state index contributed by atoms with van der Waals surface area (Å²) in [6.07, 6.45) is 5.93. The minimum atomic E-state index is 0.0495. The van der Waals surface area contributed by atoms with E-state index in [1.54, 1.807) is 12.4 Å². The van der Waals surface area contributed by atoms with Gasteiger partial charge in [-0.3, -0.25) is 9.69 Å². The average Bonchev–Trinajstić information content (AvgIpc) is 3.21. The van der Waals surface area contributed by atoms with Crippen molar-refractivity contribution in [1.29, 1.82) is 0 Å². The molecule has 3 aliphatic heterocycles. The van der Waals surface area contributed by atoms with Crippen LogP contribution in [0.5, 0.6) is 0 Å². The van der Waals surface area contributed by atoms with Crippen LogP contribution in [-0.4, -0.2) is 45.9 Å². The molecule has 116 valence electrons. The largest absolute Gasteiger partial charge is 0.347 e. The quantitative estimate of drug-likeness (QED) is 0.914. The van der Waals surface area contributed by atoms with E-state index in [0.717, 1.165) is 15.6 Å². The van der Waals surface area contributed by atoms with Crippen LogP contribution in [0, 0.1) is 5.92 Å². The van der Waals surface area contributed by atoms with Crippen LogP contribution in [0.3, 0.4) is 0 Å². The van der Waals surface area contributed by atoms with Crippen LogP contribution >= 0.6 is 11.3 Å². The molecule has 1 amide bonds. The lowest BCUT2D eigenvalue weighted by Gasteiger charge is -2.49. The maximum Gasteiger partial charge on any atom is 0.261 e. The molecule has 0 spiro atoms. The smallest absolute Gasteiger partial charge is 0.261 e. The first-order chi connectivity index (χ1) is 10.7. The normalized spacial score (nSPS) is 30.4. The Morgan fingerprint density at radius 3 is 2.91 bits per heavy atom. The second kappa shape index (κ2) is 5.52. The summed E-state index contributed by atoms with van der Waals surface area (Å²) in [6.45, 7) is 4.60. The first-order valence-electron chi connectivity index (χ1n) is 7.87. The Balaban J connectivity index is 1.48. The fourth-order valence-corrected chi connectivity index (χ4v) is 4.62. The number of hydrogen-bond donors (Lipinski definition) is 2. The van der Waals surface area contributed by atoms with Crippen molar-refractivity contribution in [2.75, 3.05) is 13.1 Å². The third-order valence-electron chi connectivity index (χ3n) is 5.04. The van der Waals surface area contributed by atoms with Gasteiger partial charge in [-0.15, -0.1) is 11.3 Å². The number of amides is 1. The number of imidazole rings is 1. The van der Waals surface area contributed by atoms with Gasteiger partial charge < -0.3 is 10.3 Å². The maximum atomic E-state index is 12.6. The van der Waals surface area contributed by atoms with Gasteiger partial charge in [0.1, 0.15) is 5.82 Å². The molecule has 3 saturated heterocycles. The number of piperidine rings is 3. The van der Waals surface area contributed by atoms with Crippen molar-refractivity contribution in [1.82, 2.24) is 20.2 Å². The van der Waals surface area contributed by atoms with Gasteiger partial charge in [0.25, 0.3) is 5.91 Å². The highest BCUT2D eigenvalue weighted by Crippen LogP contribution is 2.33. The number of carbonyl (C=O) groups excluding carboxylic acids is 1. The molecule has 22 heavy (non-hydrogen) atoms. The molecule has 2 N–H and O–H groups in total. The molecule has 5 heterocycles. The van der Waals surface area contributed by atoms with Gasteiger partial charge in [0.05, 0.1) is 9.75 Å². The summed E-state index contributed by atoms with van der Waals surface area (Å²) in [6, 6.07) is 4.58. The summed E-state index contributed by atoms with van der Waals surface area (Å²) in [5, 5.41) is 3.27. The molecular weight excluding hydrogens is 296 g/mol. The summed E-state index contributed by atoms with van der Waals surface area (Å²) < 4.78 is 0. The Kier molecular flexibility index (Phi) is 3.50. The lowest BCUT2D eigenvalue weighted by molar-refractivity contribution is 0.0218. The van der Waals surface area contributed by atoms with E-state index in [4.69, 9.17) is 0 Å². The van der Waals surface area contributed by atoms with E-state index < -0.39 is 0 Å². The predicted molar refractivity (Wildman–Crippen MR) is 86.9 cm³/mol. The molecule has 6 heteroatoms. The zero-order valence-corrected chi connectivity index (χ0v) is 13.4. The number of thiophene rings is 1. The number of H-pyrrole nitrogens is 1. The van der Waals surface area contributed by atoms with Crippen molar-refractivity contribution >= 4 is 17.2 Å². The molecule has 0 saturated carbocycles. The van der Waals surface area contributed by atoms with Crippen molar-refractivity contribution in [2.24, 2.45) is 5.92 Å². The number of aromatic amines is 1. The van der Waals surface area contributed by atoms with E-state index in [0.29, 0.717) is 12.0 Å². The minimum Gasteiger partial charge on any atom is -0.347 e. The number of carbonyl (C=O) groups is 1. The number of fused-ring (bicyclic) bond motifs is 3. The number of rotatable bonds is 3. The zero-order valence-electron chi connectivity index (χ0n) is 12.6. The first kappa shape index (κ1) is 14.0. The van der Waals surface area contributed by atoms with Gasteiger partial charge in [-0.2, -0.15) is 0 Å². The van der Waals surface area contributed by atoms with Crippen LogP contribution < -0.4 is 5.32 Å². The van der Waals surface area contributed by atoms with Crippen molar-refractivity contribution in [3.8, 4) is 10.7 Å². The van der Waals surface area contributed by atoms with Crippen LogP contribution in [-0.2, 0) is 0 Å². The third-order valence-corrected chi connectivity index (χ3v) is 6.13. The summed E-state index contributed by atoms with van der Waals surface area (Å²) in [4.78, 5) is 24.1. The summed E-state index contributed by atoms with van der Waals surface area (Å²) in [7, 11) is 0. The topological polar surface area (TPSA) is 61.0 Å². The number of nitrogens with zero attached hydrogens (tertiary/aromatic N) is 2. The Morgan fingerprint density at radius 1 is 1.41 bits per heavy atom. The van der Waals surface area contributed by atoms with Crippen LogP contribution in [0.2, 0.25) is 0 Å². The molecule has 5 rings (SSSR count). The molecule has 2 unspecified atom stereocenters. The van der Waals surface area contributed by atoms with Gasteiger partial charge in [-0.25, -0.2) is 4.98 Å². The Morgan fingerprint density at radius 2 is 2.23 bits per heavy atom. The second-order valence-corrected chi connectivity index (χ2v) is 7.30. The highest BCUT2D eigenvalue weighted by atomic mass is 32.1. The van der Waals surface area contributed by atoms with E-state index >= 15 is 0 Å². The molecule has 0 radical (unpaired) electrons. The summed E-state index contributed by atoms with van der Waals surface area (Å²) in [5.74, 6) is 1.50. The van der Waals surface area contributed by atoms with Crippen LogP contribution in [0.1, 0.15) is 29.4 Å². The number of hydrogen-bond acceptors (Lipinski definition) is 4. The molecule has 0 aliphatic carbocycles. The molecule has 2 aromatic rings. The van der Waals surface area contributed by atoms with Gasteiger partial charge in [0, 0.05) is 24.5 Å². The minimum absolute atomic E-state index is 0.0495. The molecule has 2 aromatic heterocycles. The number of aromatic nitrogens is 2. The molecule has 2 bridgehead atoms. The first-order valence-corrected chi connectivity index (χ1v) is 8.68. The Bertz CT molecular complexity index is 656. The number of nitrogens with one attached hydrogen (secondary N) is 2. The molecule has 3 fully saturated rings. The van der Waals surface area contributed by atoms with Gasteiger partial charge >= 0.3 is 0 Å². The lowest BCUT2D eigenvalue weighted by Crippen LogP contribution is -2.62. The fourth-order valence-electron chi connectivity index (χ4n) is 3.75. The highest BCUT2D eigenvalue weighted by Gasteiger charge is 2.40. The summed E-state index contributed by atoms with van der Waals surface area (Å²) in [5.41, 5.74) is 0. The fraction of sp³-hybridized carbons (Fsp3) is 0.500. The van der Waals surface area contributed by atoms with Gasteiger partial charge in [-0.05, 0) is 50.9 Å². The Hall–Kier alpha value is -1.66. The Labute approximate surface area is 133 Å². The van der Waals surface area contributed by atoms with Crippen LogP contribution in [0.15, 0.2) is 24.5 Å². The van der Waals surface area contributed by atoms with Crippen molar-refractivity contribution < 1.29 is 4.79 Å². The molecule has 3 aliphatic rings. The van der Waals surface area contributed by atoms with Crippen molar-refractivity contribution in [3.05, 3.63) is 29.4 Å². The maximum absolute atomic E-state index is 12.6. The summed E-state index contributed by atoms with van der Waals surface area (Å²) >= 11 is 1.49. The van der Waals surface area contributed by atoms with E-state index in [1.807, 2.05) is 12.1 Å². The van der Waals surface area contributed by atoms with Gasteiger partial charge in [0.2, 0.25) is 0 Å². The average molecular weight is 316 g/mol. The van der Waals surface area contributed by atoms with Gasteiger partial charge in [0.15, 0.2) is 0 Å². The third kappa shape index (κ3) is 2.36. The van der Waals surface area contributed by atoms with Crippen molar-refractivity contribution in [3.63, 3.8) is 0 Å². The SMILES string of the molecule is CC1C(NC(=O)c2ccc(-c3ncc[nH]3)s2)C2CCN1CC2. The monoisotopic (exact) mass is 316 g/mol. The molecule has 2 atom stereocenters.